The second-order valence-corrected chi connectivity index (χ2v) is 4.35. The second-order valence-electron chi connectivity index (χ2n) is 4.35. The molecule has 0 saturated carbocycles. The van der Waals surface area contributed by atoms with Gasteiger partial charge in [-0.3, -0.25) is 0 Å². The van der Waals surface area contributed by atoms with Crippen molar-refractivity contribution >= 4 is 11.7 Å². The highest BCUT2D eigenvalue weighted by molar-refractivity contribution is 5.96. The first-order valence-corrected chi connectivity index (χ1v) is 5.60. The van der Waals surface area contributed by atoms with Gasteiger partial charge in [0.2, 0.25) is 0 Å². The lowest BCUT2D eigenvalue weighted by molar-refractivity contribution is -0.178. The van der Waals surface area contributed by atoms with Gasteiger partial charge in [-0.2, -0.15) is 8.78 Å². The van der Waals surface area contributed by atoms with Gasteiger partial charge in [0.15, 0.2) is 0 Å². The number of rotatable bonds is 4. The maximum Gasteiger partial charge on any atom is 0.382 e. The van der Waals surface area contributed by atoms with Crippen LogP contribution in [0.25, 0.3) is 0 Å². The van der Waals surface area contributed by atoms with Gasteiger partial charge in [-0.15, -0.1) is 0 Å². The Hall–Kier alpha value is -1.85. The van der Waals surface area contributed by atoms with E-state index < -0.39 is 29.4 Å². The Bertz CT molecular complexity index is 513. The highest BCUT2D eigenvalue weighted by Crippen LogP contribution is 2.32. The fourth-order valence-electron chi connectivity index (χ4n) is 1.40. The summed E-state index contributed by atoms with van der Waals surface area (Å²) in [6.45, 7) is 4.21. The first-order chi connectivity index (χ1) is 8.66. The van der Waals surface area contributed by atoms with Crippen LogP contribution < -0.4 is 0 Å². The Morgan fingerprint density at radius 2 is 1.95 bits per heavy atom. The molecule has 0 aliphatic carbocycles. The van der Waals surface area contributed by atoms with E-state index in [9.17, 15) is 18.0 Å². The number of carbonyl (C=O) groups excluding carboxylic acids is 1. The monoisotopic (exact) mass is 273 g/mol. The number of alkyl halides is 2. The third-order valence-corrected chi connectivity index (χ3v) is 2.34. The summed E-state index contributed by atoms with van der Waals surface area (Å²) in [5.74, 6) is -7.10. The lowest BCUT2D eigenvalue weighted by Crippen LogP contribution is -2.31. The number of hydrogen-bond donors (Lipinski definition) is 1. The summed E-state index contributed by atoms with van der Waals surface area (Å²) < 4.78 is 45.5. The van der Waals surface area contributed by atoms with Crippen molar-refractivity contribution in [2.45, 2.75) is 32.8 Å². The summed E-state index contributed by atoms with van der Waals surface area (Å²) in [5, 5.41) is 7.34. The van der Waals surface area contributed by atoms with E-state index in [0.717, 1.165) is 12.1 Å². The van der Waals surface area contributed by atoms with Gasteiger partial charge < -0.3 is 10.1 Å². The van der Waals surface area contributed by atoms with Crippen LogP contribution in [0.3, 0.4) is 0 Å². The van der Waals surface area contributed by atoms with Crippen LogP contribution in [0, 0.1) is 11.2 Å². The van der Waals surface area contributed by atoms with E-state index in [1.54, 1.807) is 0 Å². The standard InChI is InChI=1S/C13H14F3NO2/c1-7(2)19-12(18)13(15,16)10-6-9(8(3)17)4-5-11(10)14/h4-7,17H,1-3H3. The van der Waals surface area contributed by atoms with Crippen LogP contribution in [0.5, 0.6) is 0 Å². The second kappa shape index (κ2) is 5.42. The van der Waals surface area contributed by atoms with Crippen LogP contribution in [0.2, 0.25) is 0 Å². The zero-order valence-corrected chi connectivity index (χ0v) is 10.8. The van der Waals surface area contributed by atoms with Crippen molar-refractivity contribution in [2.75, 3.05) is 0 Å². The highest BCUT2D eigenvalue weighted by Gasteiger charge is 2.45. The molecule has 0 saturated heterocycles. The molecule has 6 heteroatoms. The highest BCUT2D eigenvalue weighted by atomic mass is 19.3. The van der Waals surface area contributed by atoms with Crippen molar-refractivity contribution in [2.24, 2.45) is 0 Å². The van der Waals surface area contributed by atoms with Crippen molar-refractivity contribution in [1.29, 1.82) is 5.41 Å². The summed E-state index contributed by atoms with van der Waals surface area (Å²) in [4.78, 5) is 11.3. The fraction of sp³-hybridized carbons (Fsp3) is 0.385. The normalized spacial score (nSPS) is 11.5. The predicted molar refractivity (Wildman–Crippen MR) is 64.0 cm³/mol. The van der Waals surface area contributed by atoms with Crippen LogP contribution in [-0.2, 0) is 15.5 Å². The van der Waals surface area contributed by atoms with E-state index >= 15 is 0 Å². The van der Waals surface area contributed by atoms with Gasteiger partial charge in [0, 0.05) is 5.71 Å². The molecule has 1 rings (SSSR count). The zero-order valence-electron chi connectivity index (χ0n) is 10.8. The fourth-order valence-corrected chi connectivity index (χ4v) is 1.40. The molecule has 0 bridgehead atoms. The molecule has 0 unspecified atom stereocenters. The molecule has 0 aliphatic heterocycles. The first-order valence-electron chi connectivity index (χ1n) is 5.60. The number of halogens is 3. The molecule has 0 atom stereocenters. The molecule has 0 aliphatic rings. The average molecular weight is 273 g/mol. The van der Waals surface area contributed by atoms with Crippen molar-refractivity contribution in [3.8, 4) is 0 Å². The van der Waals surface area contributed by atoms with Gasteiger partial charge in [-0.1, -0.05) is 6.07 Å². The van der Waals surface area contributed by atoms with Crippen LogP contribution in [0.4, 0.5) is 13.2 Å². The Morgan fingerprint density at radius 1 is 1.37 bits per heavy atom. The van der Waals surface area contributed by atoms with Gasteiger partial charge in [-0.25, -0.2) is 9.18 Å². The Morgan fingerprint density at radius 3 is 2.42 bits per heavy atom. The molecule has 104 valence electrons. The van der Waals surface area contributed by atoms with Crippen LogP contribution in [0.15, 0.2) is 18.2 Å². The minimum absolute atomic E-state index is 0.00530. The van der Waals surface area contributed by atoms with Gasteiger partial charge in [0.05, 0.1) is 11.7 Å². The van der Waals surface area contributed by atoms with Crippen LogP contribution in [0.1, 0.15) is 31.9 Å². The summed E-state index contributed by atoms with van der Waals surface area (Å²) in [6, 6.07) is 2.80. The van der Waals surface area contributed by atoms with E-state index in [0.29, 0.717) is 0 Å². The molecule has 1 aromatic carbocycles. The lowest BCUT2D eigenvalue weighted by atomic mass is 10.0. The molecule has 0 amide bonds. The van der Waals surface area contributed by atoms with Crippen molar-refractivity contribution in [3.63, 3.8) is 0 Å². The molecular formula is C13H14F3NO2. The van der Waals surface area contributed by atoms with Crippen LogP contribution >= 0.6 is 0 Å². The maximum absolute atomic E-state index is 13.8. The number of nitrogens with one attached hydrogen (secondary N) is 1. The topological polar surface area (TPSA) is 50.2 Å². The van der Waals surface area contributed by atoms with Gasteiger partial charge >= 0.3 is 11.9 Å². The first kappa shape index (κ1) is 15.2. The maximum atomic E-state index is 13.8. The lowest BCUT2D eigenvalue weighted by Gasteiger charge is -2.18. The molecule has 19 heavy (non-hydrogen) atoms. The minimum atomic E-state index is -4.08. The molecule has 0 fully saturated rings. The number of ether oxygens (including phenoxy) is 1. The molecule has 0 aromatic heterocycles. The van der Waals surface area contributed by atoms with E-state index in [1.807, 2.05) is 0 Å². The number of hydrogen-bond acceptors (Lipinski definition) is 3. The Balaban J connectivity index is 3.23. The van der Waals surface area contributed by atoms with E-state index in [1.165, 1.54) is 26.8 Å². The molecule has 1 N–H and O–H groups in total. The third kappa shape index (κ3) is 3.33. The number of esters is 1. The average Bonchev–Trinajstić information content (AvgIpc) is 2.27. The van der Waals surface area contributed by atoms with Crippen molar-refractivity contribution in [1.82, 2.24) is 0 Å². The molecule has 1 aromatic rings. The van der Waals surface area contributed by atoms with E-state index in [4.69, 9.17) is 5.41 Å². The molecule has 0 heterocycles. The smallest absolute Gasteiger partial charge is 0.382 e. The Kier molecular flexibility index (Phi) is 4.34. The van der Waals surface area contributed by atoms with Crippen molar-refractivity contribution in [3.05, 3.63) is 35.1 Å². The zero-order chi connectivity index (χ0) is 14.8. The third-order valence-electron chi connectivity index (χ3n) is 2.34. The quantitative estimate of drug-likeness (QED) is 0.676. The predicted octanol–water partition coefficient (Wildman–Crippen LogP) is 3.26. The summed E-state index contributed by atoms with van der Waals surface area (Å²) in [5.41, 5.74) is -0.968. The van der Waals surface area contributed by atoms with Crippen molar-refractivity contribution < 1.29 is 22.7 Å². The SMILES string of the molecule is CC(=N)c1ccc(F)c(C(F)(F)C(=O)OC(C)C)c1. The molecule has 0 radical (unpaired) electrons. The van der Waals surface area contributed by atoms with E-state index in [-0.39, 0.29) is 11.3 Å². The molecular weight excluding hydrogens is 259 g/mol. The van der Waals surface area contributed by atoms with Gasteiger partial charge in [-0.05, 0) is 38.5 Å². The van der Waals surface area contributed by atoms with Gasteiger partial charge in [0.25, 0.3) is 0 Å². The number of carbonyl (C=O) groups is 1. The molecule has 3 nitrogen and oxygen atoms in total. The Labute approximate surface area is 108 Å². The summed E-state index contributed by atoms with van der Waals surface area (Å²) in [7, 11) is 0. The van der Waals surface area contributed by atoms with Crippen LogP contribution in [-0.4, -0.2) is 17.8 Å². The summed E-state index contributed by atoms with van der Waals surface area (Å²) >= 11 is 0. The molecule has 0 spiro atoms. The summed E-state index contributed by atoms with van der Waals surface area (Å²) in [6.07, 6.45) is -0.728. The largest absolute Gasteiger partial charge is 0.458 e. The number of benzene rings is 1. The van der Waals surface area contributed by atoms with E-state index in [2.05, 4.69) is 4.74 Å². The van der Waals surface area contributed by atoms with Gasteiger partial charge in [0.1, 0.15) is 5.82 Å². The minimum Gasteiger partial charge on any atom is -0.458 e.